The van der Waals surface area contributed by atoms with Crippen LogP contribution in [-0.4, -0.2) is 26.3 Å². The molecule has 1 unspecified atom stereocenters. The molecule has 0 bridgehead atoms. The van der Waals surface area contributed by atoms with E-state index in [0.717, 1.165) is 15.9 Å². The summed E-state index contributed by atoms with van der Waals surface area (Å²) in [6.07, 6.45) is 1.78. The summed E-state index contributed by atoms with van der Waals surface area (Å²) in [5.74, 6) is 0.268. The molecule has 6 nitrogen and oxygen atoms in total. The summed E-state index contributed by atoms with van der Waals surface area (Å²) in [5.41, 5.74) is 1.48. The minimum absolute atomic E-state index is 0.132. The fraction of sp³-hybridized carbons (Fsp3) is 0.133. The highest BCUT2D eigenvalue weighted by Gasteiger charge is 2.19. The molecule has 0 aliphatic rings. The Labute approximate surface area is 145 Å². The number of halogens is 1. The molecular formula is C15H13BrN4O2S. The summed E-state index contributed by atoms with van der Waals surface area (Å²) >= 11 is 4.59. The third-order valence-electron chi connectivity index (χ3n) is 2.97. The molecule has 0 saturated heterocycles. The first-order valence-corrected chi connectivity index (χ1v) is 8.49. The fourth-order valence-electron chi connectivity index (χ4n) is 1.84. The van der Waals surface area contributed by atoms with E-state index in [9.17, 15) is 4.79 Å². The van der Waals surface area contributed by atoms with Crippen LogP contribution in [0.5, 0.6) is 0 Å². The highest BCUT2D eigenvalue weighted by Crippen LogP contribution is 2.26. The molecule has 2 heterocycles. The van der Waals surface area contributed by atoms with E-state index in [0.29, 0.717) is 11.1 Å². The van der Waals surface area contributed by atoms with Gasteiger partial charge in [-0.15, -0.1) is 10.2 Å². The number of amides is 1. The molecule has 0 fully saturated rings. The molecule has 118 valence electrons. The van der Waals surface area contributed by atoms with Crippen molar-refractivity contribution in [2.75, 3.05) is 5.32 Å². The van der Waals surface area contributed by atoms with Crippen LogP contribution < -0.4 is 5.32 Å². The van der Waals surface area contributed by atoms with Gasteiger partial charge in [0.25, 0.3) is 11.1 Å². The highest BCUT2D eigenvalue weighted by atomic mass is 79.9. The SMILES string of the molecule is CC(Sc1nnc(-c2ccc[nH]2)o1)C(=O)Nc1cccc(Br)c1. The van der Waals surface area contributed by atoms with Crippen LogP contribution in [0.3, 0.4) is 0 Å². The van der Waals surface area contributed by atoms with Crippen LogP contribution in [0.15, 0.2) is 56.7 Å². The topological polar surface area (TPSA) is 83.8 Å². The van der Waals surface area contributed by atoms with Crippen LogP contribution in [-0.2, 0) is 4.79 Å². The zero-order valence-electron chi connectivity index (χ0n) is 12.1. The van der Waals surface area contributed by atoms with Crippen LogP contribution in [0.25, 0.3) is 11.6 Å². The normalized spacial score (nSPS) is 12.1. The second-order valence-corrected chi connectivity index (χ2v) is 6.92. The van der Waals surface area contributed by atoms with Gasteiger partial charge in [0, 0.05) is 16.4 Å². The van der Waals surface area contributed by atoms with Gasteiger partial charge in [-0.2, -0.15) is 0 Å². The van der Waals surface area contributed by atoms with Gasteiger partial charge in [-0.3, -0.25) is 4.79 Å². The first-order chi connectivity index (χ1) is 11.1. The van der Waals surface area contributed by atoms with Crippen molar-refractivity contribution in [1.82, 2.24) is 15.2 Å². The van der Waals surface area contributed by atoms with Gasteiger partial charge in [-0.1, -0.05) is 33.8 Å². The van der Waals surface area contributed by atoms with Gasteiger partial charge in [0.15, 0.2) is 0 Å². The summed E-state index contributed by atoms with van der Waals surface area (Å²) in [6, 6.07) is 11.1. The molecule has 0 radical (unpaired) electrons. The largest absolute Gasteiger partial charge is 0.410 e. The van der Waals surface area contributed by atoms with Crippen molar-refractivity contribution in [1.29, 1.82) is 0 Å². The number of rotatable bonds is 5. The number of benzene rings is 1. The average Bonchev–Trinajstić information content (AvgIpc) is 3.17. The van der Waals surface area contributed by atoms with E-state index in [-0.39, 0.29) is 11.2 Å². The molecule has 1 aromatic carbocycles. The molecular weight excluding hydrogens is 380 g/mol. The minimum Gasteiger partial charge on any atom is -0.410 e. The van der Waals surface area contributed by atoms with E-state index in [4.69, 9.17) is 4.42 Å². The summed E-state index contributed by atoms with van der Waals surface area (Å²) in [5, 5.41) is 10.7. The maximum absolute atomic E-state index is 12.2. The Balaban J connectivity index is 1.62. The van der Waals surface area contributed by atoms with E-state index in [2.05, 4.69) is 36.4 Å². The Morgan fingerprint density at radius 3 is 2.96 bits per heavy atom. The predicted octanol–water partition coefficient (Wildman–Crippen LogP) is 3.95. The molecule has 1 atom stereocenters. The van der Waals surface area contributed by atoms with Gasteiger partial charge >= 0.3 is 0 Å². The molecule has 0 aliphatic heterocycles. The second kappa shape index (κ2) is 7.01. The van der Waals surface area contributed by atoms with Crippen LogP contribution in [0.4, 0.5) is 5.69 Å². The van der Waals surface area contributed by atoms with Crippen molar-refractivity contribution in [3.05, 3.63) is 47.1 Å². The average molecular weight is 393 g/mol. The van der Waals surface area contributed by atoms with Crippen molar-refractivity contribution in [3.63, 3.8) is 0 Å². The number of hydrogen-bond donors (Lipinski definition) is 2. The van der Waals surface area contributed by atoms with Crippen LogP contribution >= 0.6 is 27.7 Å². The lowest BCUT2D eigenvalue weighted by molar-refractivity contribution is -0.115. The Morgan fingerprint density at radius 1 is 1.35 bits per heavy atom. The highest BCUT2D eigenvalue weighted by molar-refractivity contribution is 9.10. The van der Waals surface area contributed by atoms with Crippen LogP contribution in [0.2, 0.25) is 0 Å². The molecule has 2 N–H and O–H groups in total. The maximum Gasteiger partial charge on any atom is 0.277 e. The second-order valence-electron chi connectivity index (χ2n) is 4.72. The van der Waals surface area contributed by atoms with Crippen LogP contribution in [0, 0.1) is 0 Å². The lowest BCUT2D eigenvalue weighted by Crippen LogP contribution is -2.22. The Morgan fingerprint density at radius 2 is 2.22 bits per heavy atom. The van der Waals surface area contributed by atoms with E-state index >= 15 is 0 Å². The van der Waals surface area contributed by atoms with Crippen LogP contribution in [0.1, 0.15) is 6.92 Å². The number of nitrogens with one attached hydrogen (secondary N) is 2. The quantitative estimate of drug-likeness (QED) is 0.642. The van der Waals surface area contributed by atoms with Crippen molar-refractivity contribution >= 4 is 39.3 Å². The maximum atomic E-state index is 12.2. The first kappa shape index (κ1) is 15.8. The first-order valence-electron chi connectivity index (χ1n) is 6.82. The Kier molecular flexibility index (Phi) is 4.82. The number of thioether (sulfide) groups is 1. The zero-order valence-corrected chi connectivity index (χ0v) is 14.5. The molecule has 2 aromatic heterocycles. The fourth-order valence-corrected chi connectivity index (χ4v) is 2.93. The smallest absolute Gasteiger partial charge is 0.277 e. The Hall–Kier alpha value is -2.06. The zero-order chi connectivity index (χ0) is 16.2. The standard InChI is InChI=1S/C15H13BrN4O2S/c1-9(13(21)18-11-5-2-4-10(16)8-11)23-15-20-19-14(22-15)12-6-3-7-17-12/h2-9,17H,1H3,(H,18,21). The summed E-state index contributed by atoms with van der Waals surface area (Å²) in [6.45, 7) is 1.79. The number of aromatic amines is 1. The summed E-state index contributed by atoms with van der Waals surface area (Å²) in [7, 11) is 0. The molecule has 0 saturated carbocycles. The van der Waals surface area contributed by atoms with E-state index in [1.807, 2.05) is 36.4 Å². The third kappa shape index (κ3) is 4.02. The summed E-state index contributed by atoms with van der Waals surface area (Å²) < 4.78 is 6.45. The van der Waals surface area contributed by atoms with Gasteiger partial charge < -0.3 is 14.7 Å². The summed E-state index contributed by atoms with van der Waals surface area (Å²) in [4.78, 5) is 15.2. The number of nitrogens with zero attached hydrogens (tertiary/aromatic N) is 2. The van der Waals surface area contributed by atoms with Crippen molar-refractivity contribution in [3.8, 4) is 11.6 Å². The molecule has 0 aliphatic carbocycles. The lowest BCUT2D eigenvalue weighted by atomic mass is 10.3. The van der Waals surface area contributed by atoms with Gasteiger partial charge in [0.2, 0.25) is 5.91 Å². The Bertz CT molecular complexity index is 803. The number of carbonyl (C=O) groups is 1. The monoisotopic (exact) mass is 392 g/mol. The van der Waals surface area contributed by atoms with Crippen molar-refractivity contribution in [2.24, 2.45) is 0 Å². The number of hydrogen-bond acceptors (Lipinski definition) is 5. The molecule has 23 heavy (non-hydrogen) atoms. The van der Waals surface area contributed by atoms with Gasteiger partial charge in [-0.05, 0) is 37.3 Å². The van der Waals surface area contributed by atoms with Gasteiger partial charge in [0.05, 0.1) is 5.25 Å². The number of anilines is 1. The molecule has 8 heteroatoms. The lowest BCUT2D eigenvalue weighted by Gasteiger charge is -2.10. The van der Waals surface area contributed by atoms with Gasteiger partial charge in [0.1, 0.15) is 5.69 Å². The molecule has 1 amide bonds. The molecule has 3 aromatic rings. The number of H-pyrrole nitrogens is 1. The van der Waals surface area contributed by atoms with Gasteiger partial charge in [-0.25, -0.2) is 0 Å². The molecule has 3 rings (SSSR count). The van der Waals surface area contributed by atoms with Crippen molar-refractivity contribution in [2.45, 2.75) is 17.4 Å². The molecule has 0 spiro atoms. The van der Waals surface area contributed by atoms with Crippen molar-refractivity contribution < 1.29 is 9.21 Å². The third-order valence-corrected chi connectivity index (χ3v) is 4.40. The van der Waals surface area contributed by atoms with E-state index in [1.165, 1.54) is 11.8 Å². The van der Waals surface area contributed by atoms with E-state index < -0.39 is 0 Å². The number of aromatic nitrogens is 3. The number of carbonyl (C=O) groups excluding carboxylic acids is 1. The van der Waals surface area contributed by atoms with E-state index in [1.54, 1.807) is 13.1 Å². The minimum atomic E-state index is -0.370. The predicted molar refractivity (Wildman–Crippen MR) is 92.2 cm³/mol.